The lowest BCUT2D eigenvalue weighted by Crippen LogP contribution is -2.10. The second-order valence-electron chi connectivity index (χ2n) is 3.89. The third kappa shape index (κ3) is 2.30. The summed E-state index contributed by atoms with van der Waals surface area (Å²) in [6, 6.07) is 11.4. The first-order valence-electron chi connectivity index (χ1n) is 5.44. The number of benzene rings is 2. The van der Waals surface area contributed by atoms with Crippen molar-refractivity contribution in [1.82, 2.24) is 0 Å². The van der Waals surface area contributed by atoms with Gasteiger partial charge in [0.1, 0.15) is 5.82 Å². The van der Waals surface area contributed by atoms with Crippen LogP contribution in [0.3, 0.4) is 0 Å². The fraction of sp³-hybridized carbons (Fsp3) is 0. The maximum atomic E-state index is 13.9. The first-order chi connectivity index (χ1) is 8.61. The minimum Gasteiger partial charge on any atom is -0.366 e. The Kier molecular flexibility index (Phi) is 3.24. The molecule has 0 aliphatic rings. The lowest BCUT2D eigenvalue weighted by atomic mass is 10.0. The van der Waals surface area contributed by atoms with E-state index in [1.807, 2.05) is 0 Å². The second-order valence-corrected chi connectivity index (χ2v) is 3.89. The molecule has 2 aromatic carbocycles. The molecule has 2 rings (SSSR count). The lowest BCUT2D eigenvalue weighted by molar-refractivity contribution is 0.100. The number of carbonyl (C=O) groups excluding carboxylic acids is 1. The lowest BCUT2D eigenvalue weighted by Gasteiger charge is -2.06. The standard InChI is InChI=1S/C15H12FNO/c1-2-10-6-7-13(14(16)8-10)11-4-3-5-12(9-11)15(17)18/h2-9H,1H2,(H2,17,18). The van der Waals surface area contributed by atoms with Crippen LogP contribution in [0.1, 0.15) is 15.9 Å². The van der Waals surface area contributed by atoms with Crippen LogP contribution in [0.2, 0.25) is 0 Å². The van der Waals surface area contributed by atoms with Gasteiger partial charge in [-0.3, -0.25) is 4.79 Å². The first kappa shape index (κ1) is 12.0. The smallest absolute Gasteiger partial charge is 0.248 e. The van der Waals surface area contributed by atoms with Gasteiger partial charge in [-0.05, 0) is 29.3 Å². The van der Waals surface area contributed by atoms with Gasteiger partial charge in [-0.1, -0.05) is 36.9 Å². The van der Waals surface area contributed by atoms with E-state index in [4.69, 9.17) is 5.73 Å². The van der Waals surface area contributed by atoms with Crippen molar-refractivity contribution in [1.29, 1.82) is 0 Å². The summed E-state index contributed by atoms with van der Waals surface area (Å²) in [5.74, 6) is -0.881. The Morgan fingerprint density at radius 2 is 2.00 bits per heavy atom. The molecule has 0 aromatic heterocycles. The average molecular weight is 241 g/mol. The van der Waals surface area contributed by atoms with Gasteiger partial charge in [-0.15, -0.1) is 0 Å². The van der Waals surface area contributed by atoms with E-state index in [2.05, 4.69) is 6.58 Å². The van der Waals surface area contributed by atoms with Crippen LogP contribution in [0.5, 0.6) is 0 Å². The van der Waals surface area contributed by atoms with Crippen LogP contribution < -0.4 is 5.73 Å². The topological polar surface area (TPSA) is 43.1 Å². The minimum atomic E-state index is -0.528. The van der Waals surface area contributed by atoms with Crippen molar-refractivity contribution in [3.63, 3.8) is 0 Å². The SMILES string of the molecule is C=Cc1ccc(-c2cccc(C(N)=O)c2)c(F)c1. The van der Waals surface area contributed by atoms with Crippen LogP contribution >= 0.6 is 0 Å². The Labute approximate surface area is 105 Å². The van der Waals surface area contributed by atoms with Crippen LogP contribution in [0.4, 0.5) is 4.39 Å². The second kappa shape index (κ2) is 4.84. The van der Waals surface area contributed by atoms with Crippen molar-refractivity contribution >= 4 is 12.0 Å². The van der Waals surface area contributed by atoms with Crippen LogP contribution in [0.25, 0.3) is 17.2 Å². The van der Waals surface area contributed by atoms with Crippen molar-refractivity contribution in [2.45, 2.75) is 0 Å². The fourth-order valence-corrected chi connectivity index (χ4v) is 1.73. The molecule has 2 nitrogen and oxygen atoms in total. The predicted octanol–water partition coefficient (Wildman–Crippen LogP) is 3.23. The van der Waals surface area contributed by atoms with Gasteiger partial charge in [0.25, 0.3) is 0 Å². The molecule has 0 aliphatic heterocycles. The molecule has 0 saturated carbocycles. The molecule has 0 unspecified atom stereocenters. The number of hydrogen-bond donors (Lipinski definition) is 1. The molecule has 90 valence electrons. The number of amides is 1. The molecule has 0 aliphatic carbocycles. The minimum absolute atomic E-state index is 0.353. The van der Waals surface area contributed by atoms with E-state index in [1.54, 1.807) is 42.5 Å². The van der Waals surface area contributed by atoms with Gasteiger partial charge in [0.2, 0.25) is 5.91 Å². The zero-order valence-electron chi connectivity index (χ0n) is 9.69. The molecule has 0 saturated heterocycles. The van der Waals surface area contributed by atoms with E-state index in [0.29, 0.717) is 22.3 Å². The van der Waals surface area contributed by atoms with E-state index in [0.717, 1.165) is 0 Å². The van der Waals surface area contributed by atoms with Crippen molar-refractivity contribution in [3.8, 4) is 11.1 Å². The van der Waals surface area contributed by atoms with Gasteiger partial charge in [0, 0.05) is 11.1 Å². The summed E-state index contributed by atoms with van der Waals surface area (Å²) >= 11 is 0. The fourth-order valence-electron chi connectivity index (χ4n) is 1.73. The number of rotatable bonds is 3. The molecule has 3 heteroatoms. The molecule has 1 amide bonds. The molecule has 0 bridgehead atoms. The van der Waals surface area contributed by atoms with E-state index in [1.165, 1.54) is 6.07 Å². The highest BCUT2D eigenvalue weighted by atomic mass is 19.1. The summed E-state index contributed by atoms with van der Waals surface area (Å²) in [7, 11) is 0. The largest absolute Gasteiger partial charge is 0.366 e. The van der Waals surface area contributed by atoms with Crippen LogP contribution in [0, 0.1) is 5.82 Å². The van der Waals surface area contributed by atoms with E-state index < -0.39 is 5.91 Å². The van der Waals surface area contributed by atoms with Gasteiger partial charge >= 0.3 is 0 Å². The molecular weight excluding hydrogens is 229 g/mol. The molecule has 0 fully saturated rings. The van der Waals surface area contributed by atoms with Crippen molar-refractivity contribution in [3.05, 3.63) is 66.0 Å². The number of nitrogens with two attached hydrogens (primary N) is 1. The molecule has 18 heavy (non-hydrogen) atoms. The Bertz CT molecular complexity index is 620. The highest BCUT2D eigenvalue weighted by Crippen LogP contribution is 2.24. The number of carbonyl (C=O) groups is 1. The van der Waals surface area contributed by atoms with Crippen LogP contribution in [-0.4, -0.2) is 5.91 Å². The maximum Gasteiger partial charge on any atom is 0.248 e. The highest BCUT2D eigenvalue weighted by Gasteiger charge is 2.07. The van der Waals surface area contributed by atoms with Crippen molar-refractivity contribution in [2.24, 2.45) is 5.73 Å². The Hall–Kier alpha value is -2.42. The van der Waals surface area contributed by atoms with Crippen LogP contribution in [0.15, 0.2) is 49.0 Å². The van der Waals surface area contributed by atoms with E-state index in [-0.39, 0.29) is 5.82 Å². The van der Waals surface area contributed by atoms with Crippen molar-refractivity contribution < 1.29 is 9.18 Å². The molecule has 0 spiro atoms. The molecule has 0 heterocycles. The van der Waals surface area contributed by atoms with Gasteiger partial charge in [0.15, 0.2) is 0 Å². The Morgan fingerprint density at radius 3 is 2.61 bits per heavy atom. The number of halogens is 1. The Balaban J connectivity index is 2.51. The summed E-state index contributed by atoms with van der Waals surface area (Å²) in [5, 5.41) is 0. The summed E-state index contributed by atoms with van der Waals surface area (Å²) in [4.78, 5) is 11.1. The average Bonchev–Trinajstić information content (AvgIpc) is 2.38. The predicted molar refractivity (Wildman–Crippen MR) is 70.4 cm³/mol. The van der Waals surface area contributed by atoms with Crippen LogP contribution in [-0.2, 0) is 0 Å². The third-order valence-corrected chi connectivity index (χ3v) is 2.69. The highest BCUT2D eigenvalue weighted by molar-refractivity contribution is 5.94. The molecular formula is C15H12FNO. The van der Waals surface area contributed by atoms with Gasteiger partial charge in [0.05, 0.1) is 0 Å². The summed E-state index contributed by atoms with van der Waals surface area (Å²) in [5.41, 5.74) is 7.33. The van der Waals surface area contributed by atoms with E-state index in [9.17, 15) is 9.18 Å². The van der Waals surface area contributed by atoms with Gasteiger partial charge in [-0.2, -0.15) is 0 Å². The molecule has 2 aromatic rings. The van der Waals surface area contributed by atoms with Crippen molar-refractivity contribution in [2.75, 3.05) is 0 Å². The molecule has 2 N–H and O–H groups in total. The summed E-state index contributed by atoms with van der Waals surface area (Å²) in [6.45, 7) is 3.58. The normalized spacial score (nSPS) is 10.1. The zero-order chi connectivity index (χ0) is 13.1. The maximum absolute atomic E-state index is 13.9. The van der Waals surface area contributed by atoms with E-state index >= 15 is 0 Å². The molecule has 0 radical (unpaired) electrons. The molecule has 0 atom stereocenters. The Morgan fingerprint density at radius 1 is 1.22 bits per heavy atom. The third-order valence-electron chi connectivity index (χ3n) is 2.69. The van der Waals surface area contributed by atoms with Gasteiger partial charge < -0.3 is 5.73 Å². The number of primary amides is 1. The van der Waals surface area contributed by atoms with Gasteiger partial charge in [-0.25, -0.2) is 4.39 Å². The summed E-state index contributed by atoms with van der Waals surface area (Å²) < 4.78 is 13.9. The summed E-state index contributed by atoms with van der Waals surface area (Å²) in [6.07, 6.45) is 1.58. The first-order valence-corrected chi connectivity index (χ1v) is 5.44. The quantitative estimate of drug-likeness (QED) is 0.880. The monoisotopic (exact) mass is 241 g/mol. The zero-order valence-corrected chi connectivity index (χ0v) is 9.69. The number of hydrogen-bond acceptors (Lipinski definition) is 1.